The molecule has 1 fully saturated rings. The average Bonchev–Trinajstić information content (AvgIpc) is 3.18. The number of nitrogens with one attached hydrogen (secondary N) is 2. The van der Waals surface area contributed by atoms with Gasteiger partial charge in [-0.2, -0.15) is 0 Å². The van der Waals surface area contributed by atoms with E-state index in [9.17, 15) is 0 Å². The fourth-order valence-corrected chi connectivity index (χ4v) is 4.47. The van der Waals surface area contributed by atoms with E-state index in [4.69, 9.17) is 4.74 Å². The van der Waals surface area contributed by atoms with E-state index in [0.29, 0.717) is 18.1 Å². The van der Waals surface area contributed by atoms with Crippen LogP contribution < -0.4 is 10.6 Å². The second kappa shape index (κ2) is 11.6. The first-order valence-electron chi connectivity index (χ1n) is 10.1. The van der Waals surface area contributed by atoms with E-state index in [1.165, 1.54) is 4.88 Å². The molecule has 2 rings (SSSR count). The van der Waals surface area contributed by atoms with Gasteiger partial charge in [0.2, 0.25) is 0 Å². The molecule has 6 nitrogen and oxygen atoms in total. The van der Waals surface area contributed by atoms with Gasteiger partial charge in [0.1, 0.15) is 0 Å². The van der Waals surface area contributed by atoms with Crippen LogP contribution in [-0.4, -0.2) is 80.8 Å². The summed E-state index contributed by atoms with van der Waals surface area (Å²) < 4.78 is 5.53. The molecule has 0 bridgehead atoms. The predicted molar refractivity (Wildman–Crippen MR) is 116 cm³/mol. The Labute approximate surface area is 169 Å². The third kappa shape index (κ3) is 7.07. The summed E-state index contributed by atoms with van der Waals surface area (Å²) in [5.74, 6) is 0.872. The van der Waals surface area contributed by atoms with Crippen molar-refractivity contribution < 1.29 is 4.74 Å². The zero-order chi connectivity index (χ0) is 19.6. The smallest absolute Gasteiger partial charge is 0.191 e. The number of hydrogen-bond acceptors (Lipinski definition) is 5. The quantitative estimate of drug-likeness (QED) is 0.497. The van der Waals surface area contributed by atoms with Crippen molar-refractivity contribution in [3.8, 4) is 0 Å². The van der Waals surface area contributed by atoms with Crippen LogP contribution in [0.15, 0.2) is 22.5 Å². The molecule has 0 amide bonds. The minimum Gasteiger partial charge on any atom is -0.379 e. The SMILES string of the molecule is CN=C(NCCN(C(C)C)C(C)C)NCC(c1cccs1)N1CCOCC1. The summed E-state index contributed by atoms with van der Waals surface area (Å²) in [6.45, 7) is 15.3. The molecule has 1 aliphatic rings. The second-order valence-corrected chi connectivity index (χ2v) is 8.46. The van der Waals surface area contributed by atoms with E-state index < -0.39 is 0 Å². The van der Waals surface area contributed by atoms with E-state index >= 15 is 0 Å². The molecular weight excluding hydrogens is 358 g/mol. The van der Waals surface area contributed by atoms with Crippen molar-refractivity contribution in [2.75, 3.05) is 53.0 Å². The molecule has 0 radical (unpaired) electrons. The van der Waals surface area contributed by atoms with Gasteiger partial charge >= 0.3 is 0 Å². The summed E-state index contributed by atoms with van der Waals surface area (Å²) in [7, 11) is 1.84. The first-order chi connectivity index (χ1) is 13.0. The Hall–Kier alpha value is -1.15. The first kappa shape index (κ1) is 22.1. The molecule has 27 heavy (non-hydrogen) atoms. The summed E-state index contributed by atoms with van der Waals surface area (Å²) >= 11 is 1.82. The summed E-state index contributed by atoms with van der Waals surface area (Å²) in [6.07, 6.45) is 0. The van der Waals surface area contributed by atoms with Gasteiger partial charge in [-0.3, -0.25) is 14.8 Å². The van der Waals surface area contributed by atoms with Crippen LogP contribution in [0.3, 0.4) is 0 Å². The summed E-state index contributed by atoms with van der Waals surface area (Å²) in [5.41, 5.74) is 0. The van der Waals surface area contributed by atoms with E-state index in [2.05, 4.69) is 70.6 Å². The van der Waals surface area contributed by atoms with Crippen molar-refractivity contribution in [1.29, 1.82) is 0 Å². The number of guanidine groups is 1. The molecule has 1 atom stereocenters. The highest BCUT2D eigenvalue weighted by Gasteiger charge is 2.23. The molecule has 1 saturated heterocycles. The lowest BCUT2D eigenvalue weighted by molar-refractivity contribution is 0.0177. The Kier molecular flexibility index (Phi) is 9.54. The Bertz CT molecular complexity index is 533. The van der Waals surface area contributed by atoms with Crippen LogP contribution in [0.1, 0.15) is 38.6 Å². The molecule has 0 spiro atoms. The van der Waals surface area contributed by atoms with Crippen LogP contribution in [0, 0.1) is 0 Å². The second-order valence-electron chi connectivity index (χ2n) is 7.48. The largest absolute Gasteiger partial charge is 0.379 e. The van der Waals surface area contributed by atoms with Crippen LogP contribution in [0.5, 0.6) is 0 Å². The molecule has 1 aromatic heterocycles. The van der Waals surface area contributed by atoms with Crippen molar-refractivity contribution in [3.63, 3.8) is 0 Å². The van der Waals surface area contributed by atoms with Crippen molar-refractivity contribution in [2.24, 2.45) is 4.99 Å². The number of morpholine rings is 1. The molecule has 154 valence electrons. The zero-order valence-corrected chi connectivity index (χ0v) is 18.4. The maximum Gasteiger partial charge on any atom is 0.191 e. The molecule has 0 aliphatic carbocycles. The van der Waals surface area contributed by atoms with Crippen LogP contribution >= 0.6 is 11.3 Å². The molecule has 2 N–H and O–H groups in total. The Morgan fingerprint density at radius 1 is 1.22 bits per heavy atom. The highest BCUT2D eigenvalue weighted by molar-refractivity contribution is 7.10. The van der Waals surface area contributed by atoms with Gasteiger partial charge in [-0.05, 0) is 39.1 Å². The molecular formula is C20H37N5OS. The highest BCUT2D eigenvalue weighted by atomic mass is 32.1. The molecule has 1 aliphatic heterocycles. The van der Waals surface area contributed by atoms with Crippen LogP contribution in [-0.2, 0) is 4.74 Å². The van der Waals surface area contributed by atoms with Gasteiger partial charge in [-0.25, -0.2) is 0 Å². The number of thiophene rings is 1. The van der Waals surface area contributed by atoms with Crippen LogP contribution in [0.25, 0.3) is 0 Å². The predicted octanol–water partition coefficient (Wildman–Crippen LogP) is 2.41. The van der Waals surface area contributed by atoms with Crippen molar-refractivity contribution in [1.82, 2.24) is 20.4 Å². The topological polar surface area (TPSA) is 52.1 Å². The summed E-state index contributed by atoms with van der Waals surface area (Å²) in [4.78, 5) is 10.8. The van der Waals surface area contributed by atoms with Gasteiger partial charge in [-0.1, -0.05) is 6.07 Å². The van der Waals surface area contributed by atoms with Crippen molar-refractivity contribution in [2.45, 2.75) is 45.8 Å². The van der Waals surface area contributed by atoms with E-state index in [1.807, 2.05) is 18.4 Å². The fourth-order valence-electron chi connectivity index (χ4n) is 3.61. The van der Waals surface area contributed by atoms with Crippen LogP contribution in [0.2, 0.25) is 0 Å². The average molecular weight is 396 g/mol. The molecule has 1 aromatic rings. The van der Waals surface area contributed by atoms with Gasteiger partial charge < -0.3 is 15.4 Å². The van der Waals surface area contributed by atoms with Gasteiger partial charge in [0.25, 0.3) is 0 Å². The lowest BCUT2D eigenvalue weighted by Gasteiger charge is -2.34. The molecule has 0 aromatic carbocycles. The summed E-state index contributed by atoms with van der Waals surface area (Å²) in [5, 5.41) is 9.16. The van der Waals surface area contributed by atoms with Crippen LogP contribution in [0.4, 0.5) is 0 Å². The lowest BCUT2D eigenvalue weighted by Crippen LogP contribution is -2.48. The minimum atomic E-state index is 0.357. The van der Waals surface area contributed by atoms with E-state index in [-0.39, 0.29) is 0 Å². The van der Waals surface area contributed by atoms with Gasteiger partial charge in [-0.15, -0.1) is 11.3 Å². The normalized spacial score (nSPS) is 17.7. The molecule has 1 unspecified atom stereocenters. The lowest BCUT2D eigenvalue weighted by atomic mass is 10.2. The van der Waals surface area contributed by atoms with Gasteiger partial charge in [0, 0.05) is 56.7 Å². The Morgan fingerprint density at radius 2 is 1.93 bits per heavy atom. The molecule has 7 heteroatoms. The number of rotatable bonds is 9. The number of hydrogen-bond donors (Lipinski definition) is 2. The highest BCUT2D eigenvalue weighted by Crippen LogP contribution is 2.25. The number of nitrogens with zero attached hydrogens (tertiary/aromatic N) is 3. The third-order valence-corrected chi connectivity index (χ3v) is 6.01. The number of aliphatic imine (C=N–C) groups is 1. The minimum absolute atomic E-state index is 0.357. The zero-order valence-electron chi connectivity index (χ0n) is 17.6. The molecule has 2 heterocycles. The maximum atomic E-state index is 5.53. The van der Waals surface area contributed by atoms with Gasteiger partial charge in [0.05, 0.1) is 19.3 Å². The first-order valence-corrected chi connectivity index (χ1v) is 11.0. The standard InChI is InChI=1S/C20H37N5OS/c1-16(2)25(17(3)4)9-8-22-20(21-5)23-15-18(19-7-6-14-27-19)24-10-12-26-13-11-24/h6-7,14,16-18H,8-13,15H2,1-5H3,(H2,21,22,23). The number of ether oxygens (including phenoxy) is 1. The summed E-state index contributed by atoms with van der Waals surface area (Å²) in [6, 6.07) is 5.81. The van der Waals surface area contributed by atoms with Gasteiger partial charge in [0.15, 0.2) is 5.96 Å². The fraction of sp³-hybridized carbons (Fsp3) is 0.750. The van der Waals surface area contributed by atoms with Crippen molar-refractivity contribution in [3.05, 3.63) is 22.4 Å². The van der Waals surface area contributed by atoms with E-state index in [1.54, 1.807) is 0 Å². The van der Waals surface area contributed by atoms with E-state index in [0.717, 1.165) is 51.9 Å². The maximum absolute atomic E-state index is 5.53. The molecule has 0 saturated carbocycles. The Balaban J connectivity index is 1.86. The monoisotopic (exact) mass is 395 g/mol. The van der Waals surface area contributed by atoms with Crippen molar-refractivity contribution >= 4 is 17.3 Å². The third-order valence-electron chi connectivity index (χ3n) is 5.03. The Morgan fingerprint density at radius 3 is 2.48 bits per heavy atom.